The Morgan fingerprint density at radius 2 is 2.20 bits per heavy atom. The highest BCUT2D eigenvalue weighted by Crippen LogP contribution is 2.10. The van der Waals surface area contributed by atoms with Gasteiger partial charge in [-0.25, -0.2) is 0 Å². The van der Waals surface area contributed by atoms with E-state index in [1.165, 1.54) is 0 Å². The lowest BCUT2D eigenvalue weighted by Crippen LogP contribution is -2.36. The van der Waals surface area contributed by atoms with Crippen molar-refractivity contribution in [3.8, 4) is 0 Å². The zero-order valence-electron chi connectivity index (χ0n) is 12.1. The minimum absolute atomic E-state index is 0.00352. The average molecular weight is 278 g/mol. The van der Waals surface area contributed by atoms with E-state index in [0.717, 1.165) is 18.4 Å². The third-order valence-electron chi connectivity index (χ3n) is 3.11. The first-order valence-corrected chi connectivity index (χ1v) is 6.94. The van der Waals surface area contributed by atoms with Gasteiger partial charge >= 0.3 is 5.97 Å². The lowest BCUT2D eigenvalue weighted by atomic mass is 10.1. The molecule has 0 spiro atoms. The summed E-state index contributed by atoms with van der Waals surface area (Å²) in [4.78, 5) is 28.8. The highest BCUT2D eigenvalue weighted by atomic mass is 16.4. The molecule has 1 atom stereocenters. The van der Waals surface area contributed by atoms with Crippen molar-refractivity contribution < 1.29 is 14.7 Å². The van der Waals surface area contributed by atoms with Crippen molar-refractivity contribution in [2.75, 3.05) is 6.54 Å². The minimum atomic E-state index is -0.885. The van der Waals surface area contributed by atoms with Crippen molar-refractivity contribution in [2.24, 2.45) is 5.92 Å². The molecular formula is C15H22N2O3. The Morgan fingerprint density at radius 3 is 2.75 bits per heavy atom. The molecule has 1 aromatic rings. The number of rotatable bonds is 8. The van der Waals surface area contributed by atoms with Crippen LogP contribution in [0.2, 0.25) is 0 Å². The molecule has 110 valence electrons. The Bertz CT molecular complexity index is 434. The normalized spacial score (nSPS) is 11.9. The second-order valence-corrected chi connectivity index (χ2v) is 4.98. The summed E-state index contributed by atoms with van der Waals surface area (Å²) >= 11 is 0. The van der Waals surface area contributed by atoms with E-state index in [2.05, 4.69) is 4.98 Å². The zero-order chi connectivity index (χ0) is 15.0. The number of nitrogens with zero attached hydrogens (tertiary/aromatic N) is 2. The Hall–Kier alpha value is -1.91. The Balaban J connectivity index is 2.73. The predicted octanol–water partition coefficient (Wildman–Crippen LogP) is 2.32. The molecule has 1 N–H and O–H groups in total. The van der Waals surface area contributed by atoms with Crippen LogP contribution in [-0.4, -0.2) is 33.4 Å². The molecule has 1 unspecified atom stereocenters. The van der Waals surface area contributed by atoms with Crippen LogP contribution in [-0.2, 0) is 16.1 Å². The van der Waals surface area contributed by atoms with Gasteiger partial charge < -0.3 is 10.0 Å². The Labute approximate surface area is 119 Å². The van der Waals surface area contributed by atoms with Crippen molar-refractivity contribution in [1.29, 1.82) is 0 Å². The van der Waals surface area contributed by atoms with Crippen LogP contribution in [0.3, 0.4) is 0 Å². The van der Waals surface area contributed by atoms with Crippen LogP contribution in [0.1, 0.15) is 38.7 Å². The van der Waals surface area contributed by atoms with E-state index in [4.69, 9.17) is 5.11 Å². The van der Waals surface area contributed by atoms with E-state index >= 15 is 0 Å². The van der Waals surface area contributed by atoms with Gasteiger partial charge in [0.1, 0.15) is 0 Å². The lowest BCUT2D eigenvalue weighted by molar-refractivity contribution is -0.143. The van der Waals surface area contributed by atoms with Crippen molar-refractivity contribution in [3.63, 3.8) is 0 Å². The summed E-state index contributed by atoms with van der Waals surface area (Å²) < 4.78 is 0. The van der Waals surface area contributed by atoms with Crippen LogP contribution in [0, 0.1) is 5.92 Å². The maximum atomic E-state index is 12.2. The molecule has 1 rings (SSSR count). The Morgan fingerprint density at radius 1 is 1.45 bits per heavy atom. The fourth-order valence-corrected chi connectivity index (χ4v) is 1.86. The van der Waals surface area contributed by atoms with Crippen molar-refractivity contribution >= 4 is 11.9 Å². The van der Waals surface area contributed by atoms with Crippen LogP contribution in [0.25, 0.3) is 0 Å². The van der Waals surface area contributed by atoms with Crippen molar-refractivity contribution in [1.82, 2.24) is 9.88 Å². The van der Waals surface area contributed by atoms with Crippen LogP contribution in [0.15, 0.2) is 24.5 Å². The number of carboxylic acid groups (broad SMARTS) is 1. The molecule has 0 radical (unpaired) electrons. The lowest BCUT2D eigenvalue weighted by Gasteiger charge is -2.24. The molecule has 0 aliphatic rings. The summed E-state index contributed by atoms with van der Waals surface area (Å²) in [6, 6.07) is 3.70. The van der Waals surface area contributed by atoms with E-state index < -0.39 is 11.9 Å². The first-order valence-electron chi connectivity index (χ1n) is 6.94. The summed E-state index contributed by atoms with van der Waals surface area (Å²) in [7, 11) is 0. The SMILES string of the molecule is CCCCC(=O)N(Cc1cccnc1)CC(C)C(=O)O. The predicted molar refractivity (Wildman–Crippen MR) is 76.0 cm³/mol. The quantitative estimate of drug-likeness (QED) is 0.792. The smallest absolute Gasteiger partial charge is 0.308 e. The third-order valence-corrected chi connectivity index (χ3v) is 3.11. The second kappa shape index (κ2) is 8.30. The first kappa shape index (κ1) is 16.1. The second-order valence-electron chi connectivity index (χ2n) is 4.98. The largest absolute Gasteiger partial charge is 0.481 e. The van der Waals surface area contributed by atoms with Crippen molar-refractivity contribution in [3.05, 3.63) is 30.1 Å². The molecule has 0 saturated heterocycles. The van der Waals surface area contributed by atoms with E-state index in [-0.39, 0.29) is 12.5 Å². The van der Waals surface area contributed by atoms with Gasteiger partial charge in [0.05, 0.1) is 5.92 Å². The molecule has 1 aromatic heterocycles. The van der Waals surface area contributed by atoms with Crippen LogP contribution in [0.4, 0.5) is 0 Å². The fraction of sp³-hybridized carbons (Fsp3) is 0.533. The van der Waals surface area contributed by atoms with E-state index in [9.17, 15) is 9.59 Å². The number of carboxylic acids is 1. The van der Waals surface area contributed by atoms with Crippen LogP contribution < -0.4 is 0 Å². The van der Waals surface area contributed by atoms with E-state index in [1.807, 2.05) is 19.1 Å². The molecule has 0 aliphatic heterocycles. The van der Waals surface area contributed by atoms with Gasteiger partial charge in [-0.15, -0.1) is 0 Å². The average Bonchev–Trinajstić information content (AvgIpc) is 2.44. The minimum Gasteiger partial charge on any atom is -0.481 e. The Kier molecular flexibility index (Phi) is 6.70. The number of amides is 1. The summed E-state index contributed by atoms with van der Waals surface area (Å²) in [5.74, 6) is -1.45. The van der Waals surface area contributed by atoms with E-state index in [0.29, 0.717) is 13.0 Å². The fourth-order valence-electron chi connectivity index (χ4n) is 1.86. The number of aromatic nitrogens is 1. The van der Waals surface area contributed by atoms with Crippen molar-refractivity contribution in [2.45, 2.75) is 39.7 Å². The van der Waals surface area contributed by atoms with Crippen LogP contribution in [0.5, 0.6) is 0 Å². The first-order chi connectivity index (χ1) is 9.54. The molecule has 0 bridgehead atoms. The summed E-state index contributed by atoms with van der Waals surface area (Å²) in [6.07, 6.45) is 5.60. The molecule has 20 heavy (non-hydrogen) atoms. The molecule has 0 fully saturated rings. The molecule has 5 heteroatoms. The molecule has 0 aromatic carbocycles. The highest BCUT2D eigenvalue weighted by molar-refractivity contribution is 5.77. The van der Waals surface area contributed by atoms with Gasteiger partial charge in [-0.1, -0.05) is 26.3 Å². The molecule has 0 saturated carbocycles. The van der Waals surface area contributed by atoms with Gasteiger partial charge in [-0.3, -0.25) is 14.6 Å². The molecule has 0 aliphatic carbocycles. The van der Waals surface area contributed by atoms with Crippen LogP contribution >= 0.6 is 0 Å². The topological polar surface area (TPSA) is 70.5 Å². The van der Waals surface area contributed by atoms with E-state index in [1.54, 1.807) is 24.2 Å². The summed E-state index contributed by atoms with van der Waals surface area (Å²) in [5, 5.41) is 9.00. The number of hydrogen-bond acceptors (Lipinski definition) is 3. The third kappa shape index (κ3) is 5.38. The zero-order valence-corrected chi connectivity index (χ0v) is 12.1. The van der Waals surface area contributed by atoms with Gasteiger partial charge in [0, 0.05) is 31.9 Å². The molecule has 5 nitrogen and oxygen atoms in total. The molecule has 1 heterocycles. The monoisotopic (exact) mass is 278 g/mol. The van der Waals surface area contributed by atoms with Gasteiger partial charge in [-0.05, 0) is 18.1 Å². The van der Waals surface area contributed by atoms with Gasteiger partial charge in [0.2, 0.25) is 5.91 Å². The highest BCUT2D eigenvalue weighted by Gasteiger charge is 2.20. The summed E-state index contributed by atoms with van der Waals surface area (Å²) in [5.41, 5.74) is 0.912. The van der Waals surface area contributed by atoms with Gasteiger partial charge in [-0.2, -0.15) is 0 Å². The number of aliphatic carboxylic acids is 1. The molecule has 1 amide bonds. The maximum Gasteiger partial charge on any atom is 0.308 e. The summed E-state index contributed by atoms with van der Waals surface area (Å²) in [6.45, 7) is 4.28. The molecular weight excluding hydrogens is 256 g/mol. The number of carbonyl (C=O) groups excluding carboxylic acids is 1. The number of unbranched alkanes of at least 4 members (excludes halogenated alkanes) is 1. The number of hydrogen-bond donors (Lipinski definition) is 1. The maximum absolute atomic E-state index is 12.2. The number of carbonyl (C=O) groups is 2. The number of pyridine rings is 1. The van der Waals surface area contributed by atoms with Gasteiger partial charge in [0.15, 0.2) is 0 Å². The standard InChI is InChI=1S/C15H22N2O3/c1-3-4-7-14(18)17(10-12(2)15(19)20)11-13-6-5-8-16-9-13/h5-6,8-9,12H,3-4,7,10-11H2,1-2H3,(H,19,20). The van der Waals surface area contributed by atoms with Gasteiger partial charge in [0.25, 0.3) is 0 Å².